The monoisotopic (exact) mass is 269 g/mol. The molecule has 0 amide bonds. The van der Waals surface area contributed by atoms with E-state index in [0.29, 0.717) is 17.1 Å². The van der Waals surface area contributed by atoms with Crippen molar-refractivity contribution < 1.29 is 5.11 Å². The van der Waals surface area contributed by atoms with Crippen LogP contribution in [0.1, 0.15) is 18.2 Å². The van der Waals surface area contributed by atoms with Gasteiger partial charge in [-0.1, -0.05) is 0 Å². The topological polar surface area (TPSA) is 73.3 Å². The number of thioether (sulfide) groups is 1. The Morgan fingerprint density at radius 1 is 1.65 bits per heavy atom. The molecule has 0 bridgehead atoms. The Morgan fingerprint density at radius 3 is 2.82 bits per heavy atom. The number of nitrogen functional groups attached to an aromatic ring is 1. The number of rotatable bonds is 2. The Bertz CT molecular complexity index is 476. The van der Waals surface area contributed by atoms with E-state index >= 15 is 0 Å². The number of aliphatic hydroxyl groups is 1. The molecule has 1 aliphatic rings. The summed E-state index contributed by atoms with van der Waals surface area (Å²) in [5.41, 5.74) is 5.88. The first-order valence-corrected chi connectivity index (χ1v) is 7.36. The van der Waals surface area contributed by atoms with Gasteiger partial charge in [0.2, 0.25) is 0 Å². The highest BCUT2D eigenvalue weighted by Gasteiger charge is 2.34. The quantitative estimate of drug-likeness (QED) is 0.802. The van der Waals surface area contributed by atoms with E-state index in [4.69, 9.17) is 11.0 Å². The number of thiophene rings is 1. The number of anilines is 2. The lowest BCUT2D eigenvalue weighted by Gasteiger charge is -2.20. The molecule has 0 spiro atoms. The standard InChI is InChI=1S/C11H15N3OS2/c1-11(15)3-4-14(6-11)10-9(16-2)8(13)7(5-12)17-10/h15H,3-4,6,13H2,1-2H3. The molecule has 1 aromatic rings. The number of nitriles is 1. The van der Waals surface area contributed by atoms with Crippen LogP contribution in [0, 0.1) is 11.3 Å². The Morgan fingerprint density at radius 2 is 2.35 bits per heavy atom. The van der Waals surface area contributed by atoms with E-state index < -0.39 is 5.60 Å². The van der Waals surface area contributed by atoms with Crippen LogP contribution in [-0.2, 0) is 0 Å². The van der Waals surface area contributed by atoms with Gasteiger partial charge in [0.15, 0.2) is 0 Å². The zero-order chi connectivity index (χ0) is 12.6. The highest BCUT2D eigenvalue weighted by atomic mass is 32.2. The van der Waals surface area contributed by atoms with Crippen LogP contribution in [-0.4, -0.2) is 30.1 Å². The maximum Gasteiger partial charge on any atom is 0.131 e. The van der Waals surface area contributed by atoms with E-state index in [-0.39, 0.29) is 0 Å². The lowest BCUT2D eigenvalue weighted by atomic mass is 10.1. The van der Waals surface area contributed by atoms with Crippen LogP contribution in [0.3, 0.4) is 0 Å². The van der Waals surface area contributed by atoms with E-state index in [1.807, 2.05) is 13.2 Å². The molecule has 4 nitrogen and oxygen atoms in total. The lowest BCUT2D eigenvalue weighted by Crippen LogP contribution is -2.29. The van der Waals surface area contributed by atoms with Crippen molar-refractivity contribution in [2.75, 3.05) is 30.0 Å². The molecule has 1 fully saturated rings. The van der Waals surface area contributed by atoms with Gasteiger partial charge in [-0.2, -0.15) is 5.26 Å². The minimum absolute atomic E-state index is 0.566. The van der Waals surface area contributed by atoms with Gasteiger partial charge in [0.05, 0.1) is 16.2 Å². The fourth-order valence-corrected chi connectivity index (χ4v) is 4.03. The van der Waals surface area contributed by atoms with E-state index in [1.54, 1.807) is 11.8 Å². The van der Waals surface area contributed by atoms with Crippen LogP contribution in [0.15, 0.2) is 4.90 Å². The molecule has 0 aromatic carbocycles. The highest BCUT2D eigenvalue weighted by Crippen LogP contribution is 2.45. The average Bonchev–Trinajstić information content (AvgIpc) is 2.78. The third-order valence-corrected chi connectivity index (χ3v) is 5.05. The van der Waals surface area contributed by atoms with E-state index in [9.17, 15) is 5.11 Å². The second kappa shape index (κ2) is 4.41. The average molecular weight is 269 g/mol. The largest absolute Gasteiger partial charge is 0.396 e. The van der Waals surface area contributed by atoms with Gasteiger partial charge in [0.25, 0.3) is 0 Å². The Kier molecular flexibility index (Phi) is 3.25. The molecule has 3 N–H and O–H groups in total. The van der Waals surface area contributed by atoms with Crippen molar-refractivity contribution in [3.05, 3.63) is 4.88 Å². The second-order valence-corrected chi connectivity index (χ2v) is 6.28. The molecule has 1 aliphatic heterocycles. The van der Waals surface area contributed by atoms with E-state index in [0.717, 1.165) is 22.9 Å². The normalized spacial score (nSPS) is 24.0. The summed E-state index contributed by atoms with van der Waals surface area (Å²) in [5, 5.41) is 20.0. The molecule has 1 unspecified atom stereocenters. The Hall–Kier alpha value is -0.900. The molecule has 6 heteroatoms. The molecule has 1 saturated heterocycles. The predicted molar refractivity (Wildman–Crippen MR) is 72.7 cm³/mol. The summed E-state index contributed by atoms with van der Waals surface area (Å²) in [6.45, 7) is 3.25. The molecule has 2 rings (SSSR count). The summed E-state index contributed by atoms with van der Waals surface area (Å²) in [6, 6.07) is 2.13. The maximum absolute atomic E-state index is 9.98. The molecular weight excluding hydrogens is 254 g/mol. The highest BCUT2D eigenvalue weighted by molar-refractivity contribution is 7.99. The van der Waals surface area contributed by atoms with Gasteiger partial charge in [0.1, 0.15) is 15.9 Å². The number of nitrogens with two attached hydrogens (primary N) is 1. The van der Waals surface area contributed by atoms with Crippen LogP contribution in [0.4, 0.5) is 10.7 Å². The van der Waals surface area contributed by atoms with Crippen LogP contribution < -0.4 is 10.6 Å². The molecule has 1 aromatic heterocycles. The number of β-amino-alcohol motifs (C(OH)–C–C–N with tert-alkyl or cyclic N) is 1. The minimum Gasteiger partial charge on any atom is -0.396 e. The summed E-state index contributed by atoms with van der Waals surface area (Å²) in [5.74, 6) is 0. The first-order chi connectivity index (χ1) is 7.98. The third-order valence-electron chi connectivity index (χ3n) is 2.93. The zero-order valence-corrected chi connectivity index (χ0v) is 11.5. The summed E-state index contributed by atoms with van der Waals surface area (Å²) in [4.78, 5) is 3.65. The number of hydrogen-bond acceptors (Lipinski definition) is 6. The number of hydrogen-bond donors (Lipinski definition) is 2. The lowest BCUT2D eigenvalue weighted by molar-refractivity contribution is 0.0839. The van der Waals surface area contributed by atoms with Gasteiger partial charge in [-0.25, -0.2) is 0 Å². The molecule has 2 heterocycles. The van der Waals surface area contributed by atoms with Gasteiger partial charge in [-0.15, -0.1) is 23.1 Å². The molecule has 0 aliphatic carbocycles. The van der Waals surface area contributed by atoms with Gasteiger partial charge in [-0.05, 0) is 19.6 Å². The first kappa shape index (κ1) is 12.6. The van der Waals surface area contributed by atoms with Crippen LogP contribution in [0.5, 0.6) is 0 Å². The minimum atomic E-state index is -0.638. The molecule has 92 valence electrons. The third kappa shape index (κ3) is 2.23. The van der Waals surface area contributed by atoms with Crippen molar-refractivity contribution in [3.63, 3.8) is 0 Å². The molecule has 17 heavy (non-hydrogen) atoms. The van der Waals surface area contributed by atoms with Crippen molar-refractivity contribution >= 4 is 33.8 Å². The Labute approximate surface area is 109 Å². The Balaban J connectivity index is 2.37. The van der Waals surface area contributed by atoms with Crippen molar-refractivity contribution in [1.82, 2.24) is 0 Å². The maximum atomic E-state index is 9.98. The van der Waals surface area contributed by atoms with Gasteiger partial charge in [0, 0.05) is 13.1 Å². The molecular formula is C11H15N3OS2. The van der Waals surface area contributed by atoms with Crippen molar-refractivity contribution in [2.24, 2.45) is 0 Å². The molecule has 1 atom stereocenters. The fraction of sp³-hybridized carbons (Fsp3) is 0.545. The fourth-order valence-electron chi connectivity index (χ4n) is 2.02. The SMILES string of the molecule is CSc1c(N2CCC(C)(O)C2)sc(C#N)c1N. The smallest absolute Gasteiger partial charge is 0.131 e. The van der Waals surface area contributed by atoms with Crippen LogP contribution in [0.2, 0.25) is 0 Å². The van der Waals surface area contributed by atoms with Gasteiger partial charge in [-0.3, -0.25) is 0 Å². The van der Waals surface area contributed by atoms with Crippen LogP contribution in [0.25, 0.3) is 0 Å². The van der Waals surface area contributed by atoms with E-state index in [2.05, 4.69) is 11.0 Å². The summed E-state index contributed by atoms with van der Waals surface area (Å²) in [7, 11) is 0. The first-order valence-electron chi connectivity index (χ1n) is 5.32. The van der Waals surface area contributed by atoms with Crippen molar-refractivity contribution in [1.29, 1.82) is 5.26 Å². The second-order valence-electron chi connectivity index (χ2n) is 4.46. The van der Waals surface area contributed by atoms with E-state index in [1.165, 1.54) is 11.3 Å². The number of nitrogens with zero attached hydrogens (tertiary/aromatic N) is 2. The van der Waals surface area contributed by atoms with Crippen molar-refractivity contribution in [3.8, 4) is 6.07 Å². The van der Waals surface area contributed by atoms with Crippen LogP contribution >= 0.6 is 23.1 Å². The van der Waals surface area contributed by atoms with Gasteiger partial charge < -0.3 is 15.7 Å². The van der Waals surface area contributed by atoms with Crippen molar-refractivity contribution in [2.45, 2.75) is 23.8 Å². The molecule has 0 radical (unpaired) electrons. The van der Waals surface area contributed by atoms with Gasteiger partial charge >= 0.3 is 0 Å². The molecule has 0 saturated carbocycles. The summed E-state index contributed by atoms with van der Waals surface area (Å²) in [6.07, 6.45) is 2.71. The summed E-state index contributed by atoms with van der Waals surface area (Å²) >= 11 is 2.97. The summed E-state index contributed by atoms with van der Waals surface area (Å²) < 4.78 is 0. The zero-order valence-electron chi connectivity index (χ0n) is 9.86. The predicted octanol–water partition coefficient (Wildman–Crippen LogP) is 1.88.